The number of amides is 1. The lowest BCUT2D eigenvalue weighted by Gasteiger charge is -2.09. The van der Waals surface area contributed by atoms with Gasteiger partial charge in [0, 0.05) is 19.0 Å². The minimum Gasteiger partial charge on any atom is -0.465 e. The predicted molar refractivity (Wildman–Crippen MR) is 104 cm³/mol. The molecule has 2 aromatic heterocycles. The van der Waals surface area contributed by atoms with Gasteiger partial charge in [0.2, 0.25) is 12.7 Å². The Morgan fingerprint density at radius 1 is 1.29 bits per heavy atom. The largest absolute Gasteiger partial charge is 0.465 e. The SMILES string of the molecule is Cc1ccc(CNC(=O)CCCn2c(=S)[nH]c3cc4c(cc3c2=O)OCO4)o1. The van der Waals surface area contributed by atoms with Crippen molar-refractivity contribution in [2.45, 2.75) is 32.9 Å². The van der Waals surface area contributed by atoms with Crippen molar-refractivity contribution < 1.29 is 18.7 Å². The van der Waals surface area contributed by atoms with Gasteiger partial charge in [-0.3, -0.25) is 14.2 Å². The molecule has 3 heterocycles. The summed E-state index contributed by atoms with van der Waals surface area (Å²) in [6.07, 6.45) is 0.760. The van der Waals surface area contributed by atoms with Crippen molar-refractivity contribution >= 4 is 29.0 Å². The summed E-state index contributed by atoms with van der Waals surface area (Å²) >= 11 is 5.31. The van der Waals surface area contributed by atoms with Gasteiger partial charge in [-0.25, -0.2) is 0 Å². The van der Waals surface area contributed by atoms with Crippen LogP contribution in [0.15, 0.2) is 33.5 Å². The molecule has 0 atom stereocenters. The van der Waals surface area contributed by atoms with Crippen molar-refractivity contribution in [1.29, 1.82) is 0 Å². The molecule has 3 aromatic rings. The second kappa shape index (κ2) is 7.51. The van der Waals surface area contributed by atoms with Gasteiger partial charge in [-0.05, 0) is 43.8 Å². The normalized spacial score (nSPS) is 12.5. The Morgan fingerprint density at radius 2 is 2.07 bits per heavy atom. The standard InChI is InChI=1S/C19H19N3O5S/c1-11-4-5-12(27-11)9-20-17(23)3-2-6-22-18(24)13-7-15-16(26-10-25-15)8-14(13)21-19(22)28/h4-5,7-8H,2-3,6,9-10H2,1H3,(H,20,23)(H,21,28). The third kappa shape index (κ3) is 3.65. The molecule has 0 unspecified atom stereocenters. The van der Waals surface area contributed by atoms with Gasteiger partial charge in [0.15, 0.2) is 16.3 Å². The second-order valence-corrected chi connectivity index (χ2v) is 6.92. The van der Waals surface area contributed by atoms with E-state index in [1.54, 1.807) is 12.1 Å². The smallest absolute Gasteiger partial charge is 0.262 e. The minimum atomic E-state index is -0.219. The minimum absolute atomic E-state index is 0.110. The summed E-state index contributed by atoms with van der Waals surface area (Å²) in [6, 6.07) is 7.04. The van der Waals surface area contributed by atoms with E-state index in [1.165, 1.54) is 4.57 Å². The van der Waals surface area contributed by atoms with Crippen molar-refractivity contribution in [3.05, 3.63) is 50.9 Å². The molecule has 146 valence electrons. The van der Waals surface area contributed by atoms with E-state index in [4.69, 9.17) is 26.1 Å². The van der Waals surface area contributed by atoms with Crippen LogP contribution in [-0.2, 0) is 17.9 Å². The highest BCUT2D eigenvalue weighted by atomic mass is 32.1. The number of H-pyrrole nitrogens is 1. The van der Waals surface area contributed by atoms with Gasteiger partial charge >= 0.3 is 0 Å². The highest BCUT2D eigenvalue weighted by Gasteiger charge is 2.17. The second-order valence-electron chi connectivity index (χ2n) is 6.53. The maximum Gasteiger partial charge on any atom is 0.262 e. The molecule has 2 N–H and O–H groups in total. The van der Waals surface area contributed by atoms with Gasteiger partial charge in [-0.15, -0.1) is 0 Å². The molecule has 4 rings (SSSR count). The van der Waals surface area contributed by atoms with E-state index in [9.17, 15) is 9.59 Å². The molecule has 0 saturated heterocycles. The number of fused-ring (bicyclic) bond motifs is 2. The number of carbonyl (C=O) groups excluding carboxylic acids is 1. The lowest BCUT2D eigenvalue weighted by atomic mass is 10.2. The van der Waals surface area contributed by atoms with Crippen LogP contribution in [0.5, 0.6) is 11.5 Å². The summed E-state index contributed by atoms with van der Waals surface area (Å²) in [5.41, 5.74) is 0.380. The summed E-state index contributed by atoms with van der Waals surface area (Å²) in [5, 5.41) is 3.27. The molecule has 28 heavy (non-hydrogen) atoms. The van der Waals surface area contributed by atoms with E-state index in [1.807, 2.05) is 19.1 Å². The van der Waals surface area contributed by atoms with Crippen molar-refractivity contribution in [2.75, 3.05) is 6.79 Å². The van der Waals surface area contributed by atoms with Crippen molar-refractivity contribution in [1.82, 2.24) is 14.9 Å². The number of aryl methyl sites for hydroxylation is 1. The van der Waals surface area contributed by atoms with Crippen LogP contribution in [0, 0.1) is 11.7 Å². The molecule has 1 aliphatic rings. The molecule has 0 spiro atoms. The number of ether oxygens (including phenoxy) is 2. The molecule has 0 fully saturated rings. The first-order valence-corrected chi connectivity index (χ1v) is 9.30. The Kier molecular flexibility index (Phi) is 4.91. The van der Waals surface area contributed by atoms with Gasteiger partial charge < -0.3 is 24.2 Å². The van der Waals surface area contributed by atoms with Crippen molar-refractivity contribution in [3.63, 3.8) is 0 Å². The van der Waals surface area contributed by atoms with Crippen LogP contribution in [0.1, 0.15) is 24.4 Å². The molecular weight excluding hydrogens is 382 g/mol. The summed E-state index contributed by atoms with van der Waals surface area (Å²) < 4.78 is 17.9. The van der Waals surface area contributed by atoms with Crippen LogP contribution in [0.4, 0.5) is 0 Å². The van der Waals surface area contributed by atoms with E-state index in [-0.39, 0.29) is 24.7 Å². The van der Waals surface area contributed by atoms with E-state index in [0.717, 1.165) is 5.76 Å². The number of rotatable bonds is 6. The van der Waals surface area contributed by atoms with Crippen LogP contribution in [-0.4, -0.2) is 22.3 Å². The number of hydrogen-bond donors (Lipinski definition) is 2. The van der Waals surface area contributed by atoms with E-state index < -0.39 is 0 Å². The van der Waals surface area contributed by atoms with E-state index >= 15 is 0 Å². The van der Waals surface area contributed by atoms with Crippen LogP contribution in [0.3, 0.4) is 0 Å². The lowest BCUT2D eigenvalue weighted by molar-refractivity contribution is -0.121. The average molecular weight is 401 g/mol. The van der Waals surface area contributed by atoms with E-state index in [0.29, 0.717) is 52.4 Å². The molecule has 0 aliphatic carbocycles. The van der Waals surface area contributed by atoms with Gasteiger partial charge in [-0.2, -0.15) is 0 Å². The zero-order chi connectivity index (χ0) is 19.7. The Morgan fingerprint density at radius 3 is 2.82 bits per heavy atom. The molecular formula is C19H19N3O5S. The molecule has 8 nitrogen and oxygen atoms in total. The number of aromatic nitrogens is 2. The number of nitrogens with one attached hydrogen (secondary N) is 2. The molecule has 9 heteroatoms. The third-order valence-electron chi connectivity index (χ3n) is 4.52. The first-order chi connectivity index (χ1) is 13.5. The topological polar surface area (TPSA) is 98.5 Å². The number of carbonyl (C=O) groups is 1. The molecule has 0 saturated carbocycles. The Bertz CT molecular complexity index is 1160. The zero-order valence-electron chi connectivity index (χ0n) is 15.2. The third-order valence-corrected chi connectivity index (χ3v) is 4.84. The Hall–Kier alpha value is -3.07. The maximum atomic E-state index is 12.8. The summed E-state index contributed by atoms with van der Waals surface area (Å²) in [7, 11) is 0. The average Bonchev–Trinajstić information content (AvgIpc) is 3.29. The quantitative estimate of drug-likeness (QED) is 0.617. The predicted octanol–water partition coefficient (Wildman–Crippen LogP) is 2.79. The first kappa shape index (κ1) is 18.3. The van der Waals surface area contributed by atoms with Gasteiger partial charge in [0.05, 0.1) is 17.4 Å². The van der Waals surface area contributed by atoms with Gasteiger partial charge in [0.1, 0.15) is 11.5 Å². The fourth-order valence-electron chi connectivity index (χ4n) is 3.10. The monoisotopic (exact) mass is 401 g/mol. The molecule has 1 aliphatic heterocycles. The fourth-order valence-corrected chi connectivity index (χ4v) is 3.38. The summed E-state index contributed by atoms with van der Waals surface area (Å²) in [6.45, 7) is 2.67. The molecule has 0 radical (unpaired) electrons. The van der Waals surface area contributed by atoms with Crippen molar-refractivity contribution in [2.24, 2.45) is 0 Å². The van der Waals surface area contributed by atoms with Gasteiger partial charge in [-0.1, -0.05) is 0 Å². The van der Waals surface area contributed by atoms with Gasteiger partial charge in [0.25, 0.3) is 5.56 Å². The summed E-state index contributed by atoms with van der Waals surface area (Å²) in [4.78, 5) is 27.9. The van der Waals surface area contributed by atoms with Crippen molar-refractivity contribution in [3.8, 4) is 11.5 Å². The number of nitrogens with zero attached hydrogens (tertiary/aromatic N) is 1. The first-order valence-electron chi connectivity index (χ1n) is 8.90. The van der Waals surface area contributed by atoms with Crippen LogP contribution in [0.2, 0.25) is 0 Å². The maximum absolute atomic E-state index is 12.8. The molecule has 0 bridgehead atoms. The number of benzene rings is 1. The fraction of sp³-hybridized carbons (Fsp3) is 0.316. The number of aromatic amines is 1. The highest BCUT2D eigenvalue weighted by Crippen LogP contribution is 2.34. The number of hydrogen-bond acceptors (Lipinski definition) is 6. The Labute approximate surface area is 165 Å². The van der Waals surface area contributed by atoms with E-state index in [2.05, 4.69) is 10.3 Å². The number of furan rings is 1. The van der Waals surface area contributed by atoms with Crippen LogP contribution < -0.4 is 20.3 Å². The van der Waals surface area contributed by atoms with Crippen LogP contribution in [0.25, 0.3) is 10.9 Å². The van der Waals surface area contributed by atoms with Crippen LogP contribution >= 0.6 is 12.2 Å². The molecule has 1 amide bonds. The summed E-state index contributed by atoms with van der Waals surface area (Å²) in [5.74, 6) is 2.52. The molecule has 1 aromatic carbocycles. The lowest BCUT2D eigenvalue weighted by Crippen LogP contribution is -2.25. The highest BCUT2D eigenvalue weighted by molar-refractivity contribution is 7.71. The Balaban J connectivity index is 1.42. The zero-order valence-corrected chi connectivity index (χ0v) is 16.1.